The molecule has 0 unspecified atom stereocenters. The molecule has 0 radical (unpaired) electrons. The zero-order chi connectivity index (χ0) is 55.8. The molecule has 2 fully saturated rings. The highest BCUT2D eigenvalue weighted by Gasteiger charge is 2.39. The van der Waals surface area contributed by atoms with E-state index in [-0.39, 0.29) is 47.6 Å². The summed E-state index contributed by atoms with van der Waals surface area (Å²) >= 11 is 13.0. The van der Waals surface area contributed by atoms with E-state index >= 15 is 0 Å². The molecule has 2 heterocycles. The molecule has 0 bridgehead atoms. The molecule has 2 aromatic heterocycles. The summed E-state index contributed by atoms with van der Waals surface area (Å²) in [6.45, 7) is 5.46. The first kappa shape index (κ1) is 56.3. The van der Waals surface area contributed by atoms with Crippen LogP contribution in [0.3, 0.4) is 0 Å². The quantitative estimate of drug-likeness (QED) is 0.0816. The van der Waals surface area contributed by atoms with Crippen molar-refractivity contribution in [3.8, 4) is 0 Å². The molecule has 4 atom stereocenters. The van der Waals surface area contributed by atoms with Gasteiger partial charge < -0.3 is 20.7 Å². The fourth-order valence-electron chi connectivity index (χ4n) is 10.6. The maximum atomic E-state index is 13.2. The van der Waals surface area contributed by atoms with Crippen LogP contribution in [0, 0.1) is 11.8 Å². The van der Waals surface area contributed by atoms with Gasteiger partial charge in [-0.05, 0) is 130 Å². The second-order valence-corrected chi connectivity index (χ2v) is 22.2. The van der Waals surface area contributed by atoms with Gasteiger partial charge in [0.1, 0.15) is 17.2 Å². The minimum atomic E-state index is -4.96. The molecule has 4 aliphatic carbocycles. The molecule has 2 amide bonds. The third kappa shape index (κ3) is 14.8. The number of aromatic nitrogens is 4. The largest absolute Gasteiger partial charge is 0.471 e. The van der Waals surface area contributed by atoms with Crippen molar-refractivity contribution in [1.82, 2.24) is 19.9 Å². The number of fused-ring (bicyclic) bond motifs is 2. The lowest BCUT2D eigenvalue weighted by molar-refractivity contribution is -0.167. The number of allylic oxidation sites excluding steroid dienone is 2. The number of carbonyl (C=O) groups is 4. The lowest BCUT2D eigenvalue weighted by Crippen LogP contribution is -2.32. The second kappa shape index (κ2) is 24.7. The molecule has 13 nitrogen and oxygen atoms in total. The minimum Gasteiger partial charge on any atom is -0.444 e. The van der Waals surface area contributed by atoms with Crippen LogP contribution in [0.25, 0.3) is 11.1 Å². The Kier molecular flexibility index (Phi) is 17.6. The van der Waals surface area contributed by atoms with Gasteiger partial charge in [-0.25, -0.2) is 24.7 Å². The molecule has 79 heavy (non-hydrogen) atoms. The van der Waals surface area contributed by atoms with Crippen LogP contribution in [0.15, 0.2) is 122 Å². The summed E-state index contributed by atoms with van der Waals surface area (Å²) in [5.41, 5.74) is 9.89. The number of ketones is 2. The summed E-state index contributed by atoms with van der Waals surface area (Å²) in [7, 11) is 0. The molecular formula is C61H61Cl2F3N8O5. The summed E-state index contributed by atoms with van der Waals surface area (Å²) in [6, 6.07) is 29.8. The Morgan fingerprint density at radius 3 is 1.46 bits per heavy atom. The maximum Gasteiger partial charge on any atom is 0.471 e. The zero-order valence-corrected chi connectivity index (χ0v) is 45.6. The van der Waals surface area contributed by atoms with Gasteiger partial charge in [0.25, 0.3) is 0 Å². The van der Waals surface area contributed by atoms with Crippen molar-refractivity contribution in [2.24, 2.45) is 11.8 Å². The Balaban J connectivity index is 0.000000192. The highest BCUT2D eigenvalue weighted by molar-refractivity contribution is 6.32. The Morgan fingerprint density at radius 2 is 1.03 bits per heavy atom. The third-order valence-electron chi connectivity index (χ3n) is 14.4. The van der Waals surface area contributed by atoms with E-state index in [9.17, 15) is 32.3 Å². The summed E-state index contributed by atoms with van der Waals surface area (Å²) in [5.74, 6) is -0.915. The van der Waals surface area contributed by atoms with Crippen LogP contribution in [0.5, 0.6) is 0 Å². The van der Waals surface area contributed by atoms with Crippen molar-refractivity contribution in [3.63, 3.8) is 0 Å². The van der Waals surface area contributed by atoms with Gasteiger partial charge in [0, 0.05) is 59.3 Å². The van der Waals surface area contributed by atoms with Gasteiger partial charge in [0.15, 0.2) is 0 Å². The number of nitrogens with zero attached hydrogens (tertiary/aromatic N) is 4. The lowest BCUT2D eigenvalue weighted by Gasteiger charge is -2.29. The normalized spacial score (nSPS) is 18.6. The van der Waals surface area contributed by atoms with Crippen molar-refractivity contribution in [2.75, 3.05) is 21.3 Å². The lowest BCUT2D eigenvalue weighted by atomic mass is 9.81. The SMILES string of the molecule is CC(C)(C)OC(=O)Nc1ccc(CC(=O)[C@H]2CCC[C@@H](Nc3ncc(Cl)c(C4=CCc5ccccc54)n3)C2)cc1.O=C(Cc1ccc(NC(=O)C(F)(F)F)cc1)[C@H]1CCC[C@@H](Nc2ncc(Cl)c(C3=CCc4ccccc43)n2)C1. The fourth-order valence-corrected chi connectivity index (χ4v) is 11.0. The highest BCUT2D eigenvalue weighted by Crippen LogP contribution is 2.38. The first-order valence-electron chi connectivity index (χ1n) is 26.6. The van der Waals surface area contributed by atoms with Crippen LogP contribution in [0.4, 0.5) is 41.2 Å². The predicted molar refractivity (Wildman–Crippen MR) is 302 cm³/mol. The van der Waals surface area contributed by atoms with Crippen LogP contribution in [0.1, 0.15) is 117 Å². The van der Waals surface area contributed by atoms with Crippen molar-refractivity contribution in [2.45, 2.75) is 122 Å². The molecule has 4 N–H and O–H groups in total. The highest BCUT2D eigenvalue weighted by atomic mass is 35.5. The van der Waals surface area contributed by atoms with E-state index in [1.54, 1.807) is 42.0 Å². The monoisotopic (exact) mass is 1110 g/mol. The molecule has 0 aliphatic heterocycles. The van der Waals surface area contributed by atoms with E-state index < -0.39 is 23.8 Å². The van der Waals surface area contributed by atoms with Crippen LogP contribution < -0.4 is 21.3 Å². The van der Waals surface area contributed by atoms with E-state index in [0.29, 0.717) is 51.7 Å². The number of anilines is 4. The van der Waals surface area contributed by atoms with Gasteiger partial charge in [-0.15, -0.1) is 0 Å². The van der Waals surface area contributed by atoms with E-state index in [2.05, 4.69) is 62.3 Å². The molecular weight excluding hydrogens is 1050 g/mol. The molecule has 410 valence electrons. The number of hydrogen-bond acceptors (Lipinski definition) is 11. The average molecular weight is 1110 g/mol. The average Bonchev–Trinajstić information content (AvgIpc) is 4.07. The molecule has 2 saturated carbocycles. The Morgan fingerprint density at radius 1 is 0.595 bits per heavy atom. The fraction of sp³-hybridized carbons (Fsp3) is 0.344. The number of alkyl halides is 3. The maximum absolute atomic E-state index is 13.2. The first-order valence-corrected chi connectivity index (χ1v) is 27.3. The number of rotatable bonds is 14. The zero-order valence-electron chi connectivity index (χ0n) is 44.1. The number of benzene rings is 4. The van der Waals surface area contributed by atoms with Crippen LogP contribution in [0.2, 0.25) is 10.0 Å². The van der Waals surface area contributed by atoms with Gasteiger partial charge in [0.05, 0.1) is 33.8 Å². The van der Waals surface area contributed by atoms with Gasteiger partial charge in [-0.1, -0.05) is 121 Å². The van der Waals surface area contributed by atoms with Gasteiger partial charge in [-0.2, -0.15) is 13.2 Å². The molecule has 0 saturated heterocycles. The number of nitrogens with one attached hydrogen (secondary N) is 4. The summed E-state index contributed by atoms with van der Waals surface area (Å²) < 4.78 is 42.6. The van der Waals surface area contributed by atoms with Gasteiger partial charge in [0.2, 0.25) is 11.9 Å². The Bertz CT molecular complexity index is 3290. The Hall–Kier alpha value is -7.43. The van der Waals surface area contributed by atoms with Crippen LogP contribution in [-0.4, -0.2) is 67.4 Å². The smallest absolute Gasteiger partial charge is 0.444 e. The second-order valence-electron chi connectivity index (χ2n) is 21.4. The number of halogens is 5. The summed E-state index contributed by atoms with van der Waals surface area (Å²) in [4.78, 5) is 67.7. The van der Waals surface area contributed by atoms with Crippen molar-refractivity contribution >= 4 is 81.2 Å². The van der Waals surface area contributed by atoms with E-state index in [0.717, 1.165) is 91.3 Å². The van der Waals surface area contributed by atoms with Crippen LogP contribution >= 0.6 is 23.2 Å². The Labute approximate surface area is 467 Å². The number of hydrogen-bond donors (Lipinski definition) is 4. The molecule has 0 spiro atoms. The standard InChI is InChI=1S/C32H35ClN4O3.C29H26ClF3N4O2/c1-32(2,3)40-31(39)36-23-14-11-20(12-15-23)17-28(38)22-8-6-9-24(18-22)35-30-34-19-27(33)29(37-30)26-16-13-21-7-4-5-10-25(21)26;30-24-16-34-28(37-26(24)23-13-10-18-4-1-2-7-22(18)23)36-21-6-3-5-19(15-21)25(38)14-17-8-11-20(12-9-17)35-27(39)29(31,32)33/h4-5,7,10-12,14-16,19,22,24H,6,8-9,13,17-18H2,1-3H3,(H,36,39)(H,34,35,37);1-2,4,7-9,11-13,16,19,21H,3,5-6,10,14-15H2,(H,35,39)(H,34,36,37)/t22-,24+;19-,21+/m00/s1. The number of ether oxygens (including phenoxy) is 1. The third-order valence-corrected chi connectivity index (χ3v) is 15.0. The van der Waals surface area contributed by atoms with Crippen molar-refractivity contribution in [3.05, 3.63) is 176 Å². The molecule has 6 aromatic rings. The van der Waals surface area contributed by atoms with E-state index in [1.165, 1.54) is 23.3 Å². The first-order chi connectivity index (χ1) is 37.8. The number of amides is 2. The topological polar surface area (TPSA) is 177 Å². The van der Waals surface area contributed by atoms with E-state index in [4.69, 9.17) is 37.9 Å². The van der Waals surface area contributed by atoms with E-state index in [1.807, 2.05) is 57.2 Å². The van der Waals surface area contributed by atoms with Crippen LogP contribution in [-0.2, 0) is 44.8 Å². The molecule has 4 aromatic carbocycles. The number of Topliss-reactive ketones (excluding diaryl/α,β-unsaturated/α-hetero) is 2. The minimum absolute atomic E-state index is 0.0199. The molecule has 4 aliphatic rings. The summed E-state index contributed by atoms with van der Waals surface area (Å²) in [5, 5.41) is 12.4. The number of carbonyl (C=O) groups excluding carboxylic acids is 4. The molecule has 10 rings (SSSR count). The molecule has 18 heteroatoms. The van der Waals surface area contributed by atoms with Crippen molar-refractivity contribution < 1.29 is 37.1 Å². The summed E-state index contributed by atoms with van der Waals surface area (Å²) in [6.07, 6.45) is 11.0. The predicted octanol–water partition coefficient (Wildman–Crippen LogP) is 13.6. The van der Waals surface area contributed by atoms with Gasteiger partial charge in [-0.3, -0.25) is 19.7 Å². The van der Waals surface area contributed by atoms with Gasteiger partial charge >= 0.3 is 18.2 Å². The van der Waals surface area contributed by atoms with Crippen molar-refractivity contribution in [1.29, 1.82) is 0 Å².